The molecule has 2 aromatic rings. The lowest BCUT2D eigenvalue weighted by molar-refractivity contribution is 0.133. The van der Waals surface area contributed by atoms with Crippen molar-refractivity contribution in [2.75, 3.05) is 13.1 Å². The molecule has 1 aromatic heterocycles. The molecule has 1 unspecified atom stereocenters. The predicted octanol–water partition coefficient (Wildman–Crippen LogP) is 3.04. The van der Waals surface area contributed by atoms with Crippen molar-refractivity contribution in [1.29, 1.82) is 0 Å². The van der Waals surface area contributed by atoms with Crippen molar-refractivity contribution in [3.05, 3.63) is 52.8 Å². The summed E-state index contributed by atoms with van der Waals surface area (Å²) >= 11 is 0. The maximum atomic E-state index is 10.6. The summed E-state index contributed by atoms with van der Waals surface area (Å²) < 4.78 is 1.82. The fraction of sp³-hybridized carbons (Fsp3) is 0.571. The molecule has 1 aliphatic carbocycles. The van der Waals surface area contributed by atoms with E-state index in [9.17, 15) is 5.11 Å². The molecule has 0 radical (unpaired) electrons. The normalized spacial score (nSPS) is 19.9. The van der Waals surface area contributed by atoms with E-state index >= 15 is 0 Å². The average molecular weight is 339 g/mol. The minimum absolute atomic E-state index is 0.404. The Morgan fingerprint density at radius 3 is 2.64 bits per heavy atom. The number of fused-ring (bicyclic) bond motifs is 1. The minimum atomic E-state index is -0.404. The maximum Gasteiger partial charge on any atom is 0.0793 e. The van der Waals surface area contributed by atoms with Crippen LogP contribution in [0.1, 0.15) is 54.2 Å². The van der Waals surface area contributed by atoms with Crippen molar-refractivity contribution in [2.45, 2.75) is 57.1 Å². The SMILES string of the molecule is Cn1ccc(CCC(O)c2ccc3c(c2)CCN(C2CCC2)CC3)n1. The van der Waals surface area contributed by atoms with E-state index in [1.54, 1.807) is 0 Å². The zero-order valence-electron chi connectivity index (χ0n) is 15.2. The number of aliphatic hydroxyl groups is 1. The van der Waals surface area contributed by atoms with Crippen LogP contribution in [0.25, 0.3) is 0 Å². The van der Waals surface area contributed by atoms with Gasteiger partial charge in [-0.15, -0.1) is 0 Å². The predicted molar refractivity (Wildman–Crippen MR) is 99.6 cm³/mol. The van der Waals surface area contributed by atoms with E-state index in [0.717, 1.165) is 43.0 Å². The first-order valence-corrected chi connectivity index (χ1v) is 9.71. The van der Waals surface area contributed by atoms with Crippen molar-refractivity contribution in [2.24, 2.45) is 7.05 Å². The highest BCUT2D eigenvalue weighted by molar-refractivity contribution is 5.34. The Morgan fingerprint density at radius 1 is 1.16 bits per heavy atom. The van der Waals surface area contributed by atoms with E-state index in [1.807, 2.05) is 24.0 Å². The summed E-state index contributed by atoms with van der Waals surface area (Å²) in [6.07, 6.45) is 9.53. The van der Waals surface area contributed by atoms with E-state index < -0.39 is 6.10 Å². The monoisotopic (exact) mass is 339 g/mol. The standard InChI is InChI=1S/C21H29N3O/c1-23-12-11-19(22-23)7-8-21(25)18-6-5-16-9-13-24(20-3-2-4-20)14-10-17(16)15-18/h5-6,11-12,15,20-21,25H,2-4,7-10,13-14H2,1H3. The molecule has 1 fully saturated rings. The highest BCUT2D eigenvalue weighted by Crippen LogP contribution is 2.29. The second kappa shape index (κ2) is 7.30. The molecule has 2 heterocycles. The van der Waals surface area contributed by atoms with Crippen molar-refractivity contribution < 1.29 is 5.11 Å². The van der Waals surface area contributed by atoms with Gasteiger partial charge in [-0.1, -0.05) is 24.6 Å². The largest absolute Gasteiger partial charge is 0.388 e. The third-order valence-electron chi connectivity index (χ3n) is 5.99. The van der Waals surface area contributed by atoms with Crippen molar-refractivity contribution in [1.82, 2.24) is 14.7 Å². The zero-order chi connectivity index (χ0) is 17.2. The Bertz CT molecular complexity index is 720. The van der Waals surface area contributed by atoms with E-state index in [1.165, 1.54) is 43.5 Å². The Hall–Kier alpha value is -1.65. The van der Waals surface area contributed by atoms with Crippen LogP contribution in [0.3, 0.4) is 0 Å². The zero-order valence-corrected chi connectivity index (χ0v) is 15.2. The maximum absolute atomic E-state index is 10.6. The van der Waals surface area contributed by atoms with Crippen LogP contribution in [0.5, 0.6) is 0 Å². The summed E-state index contributed by atoms with van der Waals surface area (Å²) in [5.74, 6) is 0. The van der Waals surface area contributed by atoms with E-state index in [4.69, 9.17) is 0 Å². The topological polar surface area (TPSA) is 41.3 Å². The molecular formula is C21H29N3O. The molecule has 1 N–H and O–H groups in total. The van der Waals surface area contributed by atoms with E-state index in [-0.39, 0.29) is 0 Å². The first kappa shape index (κ1) is 16.8. The lowest BCUT2D eigenvalue weighted by Crippen LogP contribution is -2.41. The molecule has 0 spiro atoms. The molecule has 134 valence electrons. The van der Waals surface area contributed by atoms with Gasteiger partial charge in [0.2, 0.25) is 0 Å². The lowest BCUT2D eigenvalue weighted by Gasteiger charge is -2.36. The van der Waals surface area contributed by atoms with Gasteiger partial charge in [0.05, 0.1) is 11.8 Å². The van der Waals surface area contributed by atoms with E-state index in [2.05, 4.69) is 28.2 Å². The molecule has 4 rings (SSSR count). The molecule has 2 aliphatic rings. The number of hydrogen-bond donors (Lipinski definition) is 1. The molecule has 0 bridgehead atoms. The third-order valence-corrected chi connectivity index (χ3v) is 5.99. The fourth-order valence-corrected chi connectivity index (χ4v) is 4.13. The van der Waals surface area contributed by atoms with Crippen LogP contribution in [0.15, 0.2) is 30.5 Å². The summed E-state index contributed by atoms with van der Waals surface area (Å²) in [7, 11) is 1.93. The Kier molecular flexibility index (Phi) is 4.91. The lowest BCUT2D eigenvalue weighted by atomic mass is 9.91. The molecule has 0 saturated heterocycles. The molecular weight excluding hydrogens is 310 g/mol. The second-order valence-corrected chi connectivity index (χ2v) is 7.68. The minimum Gasteiger partial charge on any atom is -0.388 e. The highest BCUT2D eigenvalue weighted by Gasteiger charge is 2.26. The first-order valence-electron chi connectivity index (χ1n) is 9.71. The van der Waals surface area contributed by atoms with Gasteiger partial charge in [0.25, 0.3) is 0 Å². The fourth-order valence-electron chi connectivity index (χ4n) is 4.13. The summed E-state index contributed by atoms with van der Waals surface area (Å²) in [6, 6.07) is 9.49. The smallest absolute Gasteiger partial charge is 0.0793 e. The Labute approximate surface area is 150 Å². The number of aliphatic hydroxyl groups excluding tert-OH is 1. The highest BCUT2D eigenvalue weighted by atomic mass is 16.3. The van der Waals surface area contributed by atoms with Gasteiger partial charge >= 0.3 is 0 Å². The molecule has 25 heavy (non-hydrogen) atoms. The molecule has 4 heteroatoms. The average Bonchev–Trinajstić information content (AvgIpc) is 2.87. The van der Waals surface area contributed by atoms with Crippen molar-refractivity contribution in [3.63, 3.8) is 0 Å². The van der Waals surface area contributed by atoms with Gasteiger partial charge < -0.3 is 5.11 Å². The first-order chi connectivity index (χ1) is 12.2. The molecule has 0 amide bonds. The number of aryl methyl sites for hydroxylation is 2. The molecule has 4 nitrogen and oxygen atoms in total. The number of rotatable bonds is 5. The summed E-state index contributed by atoms with van der Waals surface area (Å²) in [6.45, 7) is 2.37. The summed E-state index contributed by atoms with van der Waals surface area (Å²) in [5, 5.41) is 15.0. The van der Waals surface area contributed by atoms with Crippen LogP contribution in [0.2, 0.25) is 0 Å². The van der Waals surface area contributed by atoms with Crippen LogP contribution in [0, 0.1) is 0 Å². The molecule has 1 saturated carbocycles. The van der Waals surface area contributed by atoms with Crippen LogP contribution in [0.4, 0.5) is 0 Å². The Morgan fingerprint density at radius 2 is 1.96 bits per heavy atom. The molecule has 1 aromatic carbocycles. The van der Waals surface area contributed by atoms with Gasteiger partial charge in [-0.25, -0.2) is 0 Å². The second-order valence-electron chi connectivity index (χ2n) is 7.68. The number of aromatic nitrogens is 2. The van der Waals surface area contributed by atoms with Crippen molar-refractivity contribution in [3.8, 4) is 0 Å². The quantitative estimate of drug-likeness (QED) is 0.910. The van der Waals surface area contributed by atoms with Crippen molar-refractivity contribution >= 4 is 0 Å². The summed E-state index contributed by atoms with van der Waals surface area (Å²) in [5.41, 5.74) is 5.03. The van der Waals surface area contributed by atoms with Gasteiger partial charge in [-0.2, -0.15) is 5.10 Å². The van der Waals surface area contributed by atoms with Gasteiger partial charge in [0.1, 0.15) is 0 Å². The van der Waals surface area contributed by atoms with E-state index in [0.29, 0.717) is 0 Å². The molecule has 1 aliphatic heterocycles. The number of benzene rings is 1. The van der Waals surface area contributed by atoms with Gasteiger partial charge in [0.15, 0.2) is 0 Å². The van der Waals surface area contributed by atoms with Crippen LogP contribution in [-0.2, 0) is 26.3 Å². The van der Waals surface area contributed by atoms with Crippen LogP contribution in [-0.4, -0.2) is 38.9 Å². The number of nitrogens with zero attached hydrogens (tertiary/aromatic N) is 3. The molecule has 1 atom stereocenters. The summed E-state index contributed by atoms with van der Waals surface area (Å²) in [4.78, 5) is 2.68. The number of hydrogen-bond acceptors (Lipinski definition) is 3. The van der Waals surface area contributed by atoms with Crippen LogP contribution < -0.4 is 0 Å². The van der Waals surface area contributed by atoms with Gasteiger partial charge in [0, 0.05) is 32.4 Å². The third kappa shape index (κ3) is 3.80. The Balaban J connectivity index is 1.39. The van der Waals surface area contributed by atoms with Gasteiger partial charge in [-0.05, 0) is 61.3 Å². The van der Waals surface area contributed by atoms with Gasteiger partial charge in [-0.3, -0.25) is 9.58 Å². The van der Waals surface area contributed by atoms with Crippen LogP contribution >= 0.6 is 0 Å².